The third kappa shape index (κ3) is 2.63. The Labute approximate surface area is 77.0 Å². The minimum Gasteiger partial charge on any atom is -0.394 e. The summed E-state index contributed by atoms with van der Waals surface area (Å²) in [6.07, 6.45) is 1.56. The van der Waals surface area contributed by atoms with Crippen LogP contribution in [0.2, 0.25) is 0 Å². The van der Waals surface area contributed by atoms with Gasteiger partial charge in [-0.2, -0.15) is 0 Å². The van der Waals surface area contributed by atoms with Gasteiger partial charge in [-0.05, 0) is 18.6 Å². The third-order valence-electron chi connectivity index (χ3n) is 1.65. The normalized spacial score (nSPS) is 11.3. The lowest BCUT2D eigenvalue weighted by molar-refractivity contribution is -0.114. The van der Waals surface area contributed by atoms with Crippen molar-refractivity contribution in [1.82, 2.24) is 0 Å². The highest BCUT2D eigenvalue weighted by Gasteiger charge is 1.97. The molecule has 0 heterocycles. The predicted octanol–water partition coefficient (Wildman–Crippen LogP) is 0.780. The SMILES string of the molecule is Cc1cccc(/C=C(\N)C(N)=O)c1. The Hall–Kier alpha value is -1.77. The molecule has 4 N–H and O–H groups in total. The number of aryl methyl sites for hydroxylation is 1. The van der Waals surface area contributed by atoms with E-state index in [0.29, 0.717) is 0 Å². The van der Waals surface area contributed by atoms with Gasteiger partial charge in [0.15, 0.2) is 0 Å². The van der Waals surface area contributed by atoms with Gasteiger partial charge in [0.25, 0.3) is 5.91 Å². The number of hydrogen-bond donors (Lipinski definition) is 2. The van der Waals surface area contributed by atoms with Gasteiger partial charge in [-0.3, -0.25) is 4.79 Å². The summed E-state index contributed by atoms with van der Waals surface area (Å²) in [6.45, 7) is 1.97. The lowest BCUT2D eigenvalue weighted by atomic mass is 10.1. The molecule has 1 aromatic rings. The van der Waals surface area contributed by atoms with Crippen molar-refractivity contribution in [2.75, 3.05) is 0 Å². The quantitative estimate of drug-likeness (QED) is 0.654. The van der Waals surface area contributed by atoms with Gasteiger partial charge < -0.3 is 11.5 Å². The van der Waals surface area contributed by atoms with E-state index >= 15 is 0 Å². The fourth-order valence-electron chi connectivity index (χ4n) is 1.01. The van der Waals surface area contributed by atoms with E-state index in [9.17, 15) is 4.79 Å². The molecule has 0 aromatic heterocycles. The first-order chi connectivity index (χ1) is 6.09. The van der Waals surface area contributed by atoms with Crippen LogP contribution in [0.4, 0.5) is 0 Å². The van der Waals surface area contributed by atoms with Crippen molar-refractivity contribution in [2.45, 2.75) is 6.92 Å². The van der Waals surface area contributed by atoms with Crippen molar-refractivity contribution in [3.63, 3.8) is 0 Å². The van der Waals surface area contributed by atoms with Crippen LogP contribution in [0, 0.1) is 6.92 Å². The molecule has 1 amide bonds. The smallest absolute Gasteiger partial charge is 0.264 e. The molecule has 68 valence electrons. The maximum atomic E-state index is 10.6. The standard InChI is InChI=1S/C10H12N2O/c1-7-3-2-4-8(5-7)6-9(11)10(12)13/h2-6H,11H2,1H3,(H2,12,13)/b9-6-. The molecule has 3 heteroatoms. The van der Waals surface area contributed by atoms with E-state index in [1.165, 1.54) is 0 Å². The number of amides is 1. The lowest BCUT2D eigenvalue weighted by Gasteiger charge is -1.97. The Morgan fingerprint density at radius 2 is 2.08 bits per heavy atom. The fraction of sp³-hybridized carbons (Fsp3) is 0.100. The molecule has 13 heavy (non-hydrogen) atoms. The Balaban J connectivity index is 2.97. The van der Waals surface area contributed by atoms with Gasteiger partial charge in [-0.1, -0.05) is 29.8 Å². The van der Waals surface area contributed by atoms with Gasteiger partial charge in [0.1, 0.15) is 0 Å². The molecule has 0 aliphatic heterocycles. The highest BCUT2D eigenvalue weighted by Crippen LogP contribution is 2.06. The zero-order valence-corrected chi connectivity index (χ0v) is 7.45. The Bertz CT molecular complexity index is 356. The summed E-state index contributed by atoms with van der Waals surface area (Å²) in [7, 11) is 0. The third-order valence-corrected chi connectivity index (χ3v) is 1.65. The van der Waals surface area contributed by atoms with Crippen LogP contribution >= 0.6 is 0 Å². The summed E-state index contributed by atoms with van der Waals surface area (Å²) in [5, 5.41) is 0. The Morgan fingerprint density at radius 1 is 1.38 bits per heavy atom. The number of carbonyl (C=O) groups is 1. The number of primary amides is 1. The van der Waals surface area contributed by atoms with Gasteiger partial charge >= 0.3 is 0 Å². The molecule has 0 spiro atoms. The van der Waals surface area contributed by atoms with Crippen molar-refractivity contribution in [2.24, 2.45) is 11.5 Å². The molecule has 0 aliphatic rings. The van der Waals surface area contributed by atoms with Crippen LogP contribution in [0.1, 0.15) is 11.1 Å². The number of rotatable bonds is 2. The highest BCUT2D eigenvalue weighted by atomic mass is 16.1. The second-order valence-corrected chi connectivity index (χ2v) is 2.88. The fourth-order valence-corrected chi connectivity index (χ4v) is 1.01. The number of carbonyl (C=O) groups excluding carboxylic acids is 1. The minimum atomic E-state index is -0.596. The molecule has 0 fully saturated rings. The molecule has 3 nitrogen and oxygen atoms in total. The van der Waals surface area contributed by atoms with E-state index in [1.807, 2.05) is 31.2 Å². The molecule has 1 aromatic carbocycles. The molecule has 0 unspecified atom stereocenters. The number of benzene rings is 1. The van der Waals surface area contributed by atoms with Gasteiger partial charge in [0.05, 0.1) is 5.70 Å². The van der Waals surface area contributed by atoms with Crippen molar-refractivity contribution in [3.05, 3.63) is 41.1 Å². The zero-order valence-electron chi connectivity index (χ0n) is 7.45. The maximum Gasteiger partial charge on any atom is 0.264 e. The monoisotopic (exact) mass is 176 g/mol. The number of hydrogen-bond acceptors (Lipinski definition) is 2. The average Bonchev–Trinajstić information content (AvgIpc) is 2.04. The summed E-state index contributed by atoms with van der Waals surface area (Å²) < 4.78 is 0. The van der Waals surface area contributed by atoms with E-state index in [1.54, 1.807) is 6.08 Å². The van der Waals surface area contributed by atoms with Crippen LogP contribution in [-0.2, 0) is 4.79 Å². The highest BCUT2D eigenvalue weighted by molar-refractivity contribution is 5.95. The summed E-state index contributed by atoms with van der Waals surface area (Å²) >= 11 is 0. The topological polar surface area (TPSA) is 69.1 Å². The van der Waals surface area contributed by atoms with Gasteiger partial charge in [0, 0.05) is 0 Å². The molecule has 0 radical (unpaired) electrons. The molecular weight excluding hydrogens is 164 g/mol. The molecule has 0 atom stereocenters. The zero-order chi connectivity index (χ0) is 9.84. The first kappa shape index (κ1) is 9.32. The molecular formula is C10H12N2O. The van der Waals surface area contributed by atoms with Crippen LogP contribution < -0.4 is 11.5 Å². The second-order valence-electron chi connectivity index (χ2n) is 2.88. The first-order valence-electron chi connectivity index (χ1n) is 3.93. The van der Waals surface area contributed by atoms with Crippen LogP contribution in [-0.4, -0.2) is 5.91 Å². The summed E-state index contributed by atoms with van der Waals surface area (Å²) in [5.74, 6) is -0.596. The average molecular weight is 176 g/mol. The Kier molecular flexibility index (Phi) is 2.69. The molecule has 0 saturated heterocycles. The second kappa shape index (κ2) is 3.76. The van der Waals surface area contributed by atoms with Gasteiger partial charge in [-0.25, -0.2) is 0 Å². The van der Waals surface area contributed by atoms with Crippen LogP contribution in [0.25, 0.3) is 6.08 Å². The van der Waals surface area contributed by atoms with E-state index in [-0.39, 0.29) is 5.70 Å². The summed E-state index contributed by atoms with van der Waals surface area (Å²) in [6, 6.07) is 7.66. The molecule has 0 bridgehead atoms. The van der Waals surface area contributed by atoms with Gasteiger partial charge in [-0.15, -0.1) is 0 Å². The van der Waals surface area contributed by atoms with E-state index in [4.69, 9.17) is 11.5 Å². The van der Waals surface area contributed by atoms with E-state index < -0.39 is 5.91 Å². The van der Waals surface area contributed by atoms with Crippen molar-refractivity contribution >= 4 is 12.0 Å². The predicted molar refractivity (Wildman–Crippen MR) is 52.5 cm³/mol. The van der Waals surface area contributed by atoms with Crippen LogP contribution in [0.5, 0.6) is 0 Å². The van der Waals surface area contributed by atoms with Gasteiger partial charge in [0.2, 0.25) is 0 Å². The lowest BCUT2D eigenvalue weighted by Crippen LogP contribution is -2.19. The largest absolute Gasteiger partial charge is 0.394 e. The molecule has 1 rings (SSSR count). The van der Waals surface area contributed by atoms with Crippen LogP contribution in [0.3, 0.4) is 0 Å². The summed E-state index contributed by atoms with van der Waals surface area (Å²) in [5.41, 5.74) is 12.5. The minimum absolute atomic E-state index is 0.0746. The first-order valence-corrected chi connectivity index (χ1v) is 3.93. The number of nitrogens with two attached hydrogens (primary N) is 2. The molecule has 0 aliphatic carbocycles. The van der Waals surface area contributed by atoms with Crippen molar-refractivity contribution in [3.8, 4) is 0 Å². The van der Waals surface area contributed by atoms with Crippen LogP contribution in [0.15, 0.2) is 30.0 Å². The van der Waals surface area contributed by atoms with Crippen molar-refractivity contribution in [1.29, 1.82) is 0 Å². The van der Waals surface area contributed by atoms with E-state index in [0.717, 1.165) is 11.1 Å². The maximum absolute atomic E-state index is 10.6. The Morgan fingerprint density at radius 3 is 2.62 bits per heavy atom. The molecule has 0 saturated carbocycles. The summed E-state index contributed by atoms with van der Waals surface area (Å²) in [4.78, 5) is 10.6. The van der Waals surface area contributed by atoms with Crippen molar-refractivity contribution < 1.29 is 4.79 Å². The van der Waals surface area contributed by atoms with E-state index in [2.05, 4.69) is 0 Å².